The quantitative estimate of drug-likeness (QED) is 0.615. The lowest BCUT2D eigenvalue weighted by Crippen LogP contribution is -2.53. The van der Waals surface area contributed by atoms with Crippen molar-refractivity contribution >= 4 is 11.9 Å². The van der Waals surface area contributed by atoms with Crippen LogP contribution in [0.4, 0.5) is 4.39 Å². The van der Waals surface area contributed by atoms with E-state index < -0.39 is 17.6 Å². The molecule has 0 N–H and O–H groups in total. The lowest BCUT2D eigenvalue weighted by Gasteiger charge is -2.40. The van der Waals surface area contributed by atoms with E-state index in [1.54, 1.807) is 11.8 Å². The summed E-state index contributed by atoms with van der Waals surface area (Å²) in [6.45, 7) is 5.69. The monoisotopic (exact) mass is 455 g/mol. The number of hydrogen-bond acceptors (Lipinski definition) is 8. The van der Waals surface area contributed by atoms with E-state index in [-0.39, 0.29) is 19.1 Å². The van der Waals surface area contributed by atoms with E-state index in [2.05, 4.69) is 25.4 Å². The van der Waals surface area contributed by atoms with Gasteiger partial charge in [0.1, 0.15) is 19.1 Å². The van der Waals surface area contributed by atoms with Gasteiger partial charge in [-0.1, -0.05) is 6.07 Å². The Bertz CT molecular complexity index is 1120. The predicted octanol–water partition coefficient (Wildman–Crippen LogP) is 1.00. The Labute approximate surface area is 190 Å². The standard InChI is InChI=1S/C22H26FN7O3/c1-14-17(12-33-20(14)31)29-10-7-22(21(29)32)6-9-28(11-18(22)23)8-5-16-3-4-19(25-15(16)2)30-13-24-26-27-30/h3-4,13,18H,5-12H2,1-2H3. The Morgan fingerprint density at radius 2 is 2.03 bits per heavy atom. The van der Waals surface area contributed by atoms with Gasteiger partial charge in [0.25, 0.3) is 0 Å². The fraction of sp³-hybridized carbons (Fsp3) is 0.545. The van der Waals surface area contributed by atoms with Crippen molar-refractivity contribution < 1.29 is 18.7 Å². The van der Waals surface area contributed by atoms with Crippen molar-refractivity contribution in [2.75, 3.05) is 32.8 Å². The topological polar surface area (TPSA) is 106 Å². The highest BCUT2D eigenvalue weighted by Crippen LogP contribution is 2.45. The number of hydrogen-bond donors (Lipinski definition) is 0. The van der Waals surface area contributed by atoms with Crippen LogP contribution >= 0.6 is 0 Å². The summed E-state index contributed by atoms with van der Waals surface area (Å²) in [6.07, 6.45) is 1.92. The zero-order chi connectivity index (χ0) is 23.2. The molecule has 2 saturated heterocycles. The molecule has 0 aliphatic carbocycles. The van der Waals surface area contributed by atoms with Gasteiger partial charge >= 0.3 is 5.97 Å². The van der Waals surface area contributed by atoms with Gasteiger partial charge in [0.2, 0.25) is 5.91 Å². The second-order valence-corrected chi connectivity index (χ2v) is 8.95. The molecule has 5 heterocycles. The number of piperidine rings is 1. The van der Waals surface area contributed by atoms with Crippen molar-refractivity contribution in [1.29, 1.82) is 0 Å². The first-order valence-electron chi connectivity index (χ1n) is 11.1. The molecule has 2 aromatic heterocycles. The first-order valence-corrected chi connectivity index (χ1v) is 11.1. The van der Waals surface area contributed by atoms with Gasteiger partial charge in [0, 0.05) is 25.3 Å². The highest BCUT2D eigenvalue weighted by atomic mass is 19.1. The fourth-order valence-corrected chi connectivity index (χ4v) is 5.04. The van der Waals surface area contributed by atoms with Crippen LogP contribution in [0.5, 0.6) is 0 Å². The molecule has 2 unspecified atom stereocenters. The average Bonchev–Trinajstić information content (AvgIpc) is 3.52. The molecule has 33 heavy (non-hydrogen) atoms. The number of rotatable bonds is 5. The van der Waals surface area contributed by atoms with Crippen LogP contribution in [0.15, 0.2) is 29.7 Å². The zero-order valence-electron chi connectivity index (χ0n) is 18.7. The smallest absolute Gasteiger partial charge is 0.336 e. The Hall–Kier alpha value is -3.21. The maximum absolute atomic E-state index is 15.5. The molecule has 0 radical (unpaired) electrons. The number of likely N-dealkylation sites (tertiary alicyclic amines) is 2. The normalized spacial score (nSPS) is 26.0. The Balaban J connectivity index is 1.21. The van der Waals surface area contributed by atoms with E-state index in [1.807, 2.05) is 19.1 Å². The van der Waals surface area contributed by atoms with Gasteiger partial charge in [-0.15, -0.1) is 5.10 Å². The van der Waals surface area contributed by atoms with Gasteiger partial charge in [0.05, 0.1) is 16.7 Å². The number of carbonyl (C=O) groups excluding carboxylic acids is 2. The second-order valence-electron chi connectivity index (χ2n) is 8.95. The lowest BCUT2D eigenvalue weighted by molar-refractivity contribution is -0.142. The van der Waals surface area contributed by atoms with Gasteiger partial charge in [-0.05, 0) is 61.7 Å². The Kier molecular flexibility index (Phi) is 5.43. The molecule has 1 amide bonds. The summed E-state index contributed by atoms with van der Waals surface area (Å²) >= 11 is 0. The van der Waals surface area contributed by atoms with Gasteiger partial charge in [-0.3, -0.25) is 4.79 Å². The highest BCUT2D eigenvalue weighted by molar-refractivity contribution is 5.94. The van der Waals surface area contributed by atoms with Crippen LogP contribution in [0.2, 0.25) is 0 Å². The van der Waals surface area contributed by atoms with Crippen LogP contribution in [0.3, 0.4) is 0 Å². The molecule has 3 aliphatic heterocycles. The number of esters is 1. The number of pyridine rings is 1. The Morgan fingerprint density at radius 3 is 2.70 bits per heavy atom. The number of ether oxygens (including phenoxy) is 1. The molecule has 10 nitrogen and oxygen atoms in total. The van der Waals surface area contributed by atoms with E-state index in [1.165, 1.54) is 11.0 Å². The van der Waals surface area contributed by atoms with E-state index in [9.17, 15) is 9.59 Å². The molecule has 0 aromatic carbocycles. The maximum Gasteiger partial charge on any atom is 0.336 e. The number of aromatic nitrogens is 5. The fourth-order valence-electron chi connectivity index (χ4n) is 5.04. The Morgan fingerprint density at radius 1 is 1.21 bits per heavy atom. The molecule has 5 rings (SSSR count). The first-order chi connectivity index (χ1) is 15.9. The van der Waals surface area contributed by atoms with E-state index >= 15 is 4.39 Å². The van der Waals surface area contributed by atoms with Crippen molar-refractivity contribution in [3.63, 3.8) is 0 Å². The molecule has 1 spiro atoms. The summed E-state index contributed by atoms with van der Waals surface area (Å²) in [5.74, 6) is 0.0377. The van der Waals surface area contributed by atoms with Crippen molar-refractivity contribution in [3.8, 4) is 5.82 Å². The SMILES string of the molecule is CC1=C(N2CCC3(CCN(CCc4ccc(-n5cnnn5)nc4C)CC3F)C2=O)COC1=O. The molecular formula is C22H26FN7O3. The largest absolute Gasteiger partial charge is 0.456 e. The minimum absolute atomic E-state index is 0.0924. The molecule has 174 valence electrons. The third kappa shape index (κ3) is 3.69. The third-order valence-corrected chi connectivity index (χ3v) is 7.21. The predicted molar refractivity (Wildman–Crippen MR) is 114 cm³/mol. The number of aryl methyl sites for hydroxylation is 1. The second kappa shape index (κ2) is 8.29. The molecule has 0 saturated carbocycles. The van der Waals surface area contributed by atoms with E-state index in [4.69, 9.17) is 4.74 Å². The molecule has 2 atom stereocenters. The van der Waals surface area contributed by atoms with E-state index in [0.717, 1.165) is 17.7 Å². The van der Waals surface area contributed by atoms with Crippen molar-refractivity contribution in [2.45, 2.75) is 39.3 Å². The number of carbonyl (C=O) groups is 2. The molecule has 11 heteroatoms. The number of halogens is 1. The molecule has 2 aromatic rings. The lowest BCUT2D eigenvalue weighted by atomic mass is 9.75. The molecule has 0 bridgehead atoms. The maximum atomic E-state index is 15.5. The molecule has 2 fully saturated rings. The van der Waals surface area contributed by atoms with Crippen LogP contribution in [0.1, 0.15) is 31.0 Å². The summed E-state index contributed by atoms with van der Waals surface area (Å²) < 4.78 is 22.0. The zero-order valence-corrected chi connectivity index (χ0v) is 18.7. The van der Waals surface area contributed by atoms with Crippen LogP contribution in [0, 0.1) is 12.3 Å². The summed E-state index contributed by atoms with van der Waals surface area (Å²) in [5, 5.41) is 11.1. The summed E-state index contributed by atoms with van der Waals surface area (Å²) in [5.41, 5.74) is 2.00. The summed E-state index contributed by atoms with van der Waals surface area (Å²) in [6, 6.07) is 3.86. The van der Waals surface area contributed by atoms with Crippen LogP contribution in [-0.4, -0.2) is 85.8 Å². The number of cyclic esters (lactones) is 1. The van der Waals surface area contributed by atoms with Gasteiger partial charge in [-0.2, -0.15) is 4.68 Å². The number of tetrazole rings is 1. The number of nitrogens with zero attached hydrogens (tertiary/aromatic N) is 7. The van der Waals surface area contributed by atoms with Gasteiger partial charge < -0.3 is 14.5 Å². The number of amides is 1. The summed E-state index contributed by atoms with van der Waals surface area (Å²) in [7, 11) is 0. The van der Waals surface area contributed by atoms with E-state index in [0.29, 0.717) is 49.6 Å². The van der Waals surface area contributed by atoms with Crippen molar-refractivity contribution in [1.82, 2.24) is 35.0 Å². The summed E-state index contributed by atoms with van der Waals surface area (Å²) in [4.78, 5) is 33.1. The van der Waals surface area contributed by atoms with Crippen LogP contribution in [0.25, 0.3) is 5.82 Å². The number of alkyl halides is 1. The van der Waals surface area contributed by atoms with Gasteiger partial charge in [-0.25, -0.2) is 14.2 Å². The minimum Gasteiger partial charge on any atom is -0.456 e. The third-order valence-electron chi connectivity index (χ3n) is 7.21. The van der Waals surface area contributed by atoms with Crippen molar-refractivity contribution in [2.24, 2.45) is 5.41 Å². The molecule has 3 aliphatic rings. The first kappa shape index (κ1) is 21.6. The van der Waals surface area contributed by atoms with Crippen molar-refractivity contribution in [3.05, 3.63) is 41.0 Å². The molecular weight excluding hydrogens is 429 g/mol. The van der Waals surface area contributed by atoms with Crippen LogP contribution in [-0.2, 0) is 20.7 Å². The van der Waals surface area contributed by atoms with Crippen LogP contribution < -0.4 is 0 Å². The average molecular weight is 455 g/mol. The van der Waals surface area contributed by atoms with Gasteiger partial charge in [0.15, 0.2) is 5.82 Å². The minimum atomic E-state index is -1.25. The highest BCUT2D eigenvalue weighted by Gasteiger charge is 2.55.